The molecule has 0 radical (unpaired) electrons. The van der Waals surface area contributed by atoms with Crippen LogP contribution in [0.25, 0.3) is 0 Å². The van der Waals surface area contributed by atoms with Crippen LogP contribution >= 0.6 is 0 Å². The Morgan fingerprint density at radius 1 is 1.38 bits per heavy atom. The molecule has 5 nitrogen and oxygen atoms in total. The Bertz CT molecular complexity index is 278. The van der Waals surface area contributed by atoms with Crippen molar-refractivity contribution in [1.82, 2.24) is 15.3 Å². The Balaban J connectivity index is 2.91. The zero-order chi connectivity index (χ0) is 9.68. The highest BCUT2D eigenvalue weighted by atomic mass is 16.5. The van der Waals surface area contributed by atoms with E-state index in [-0.39, 0.29) is 0 Å². The van der Waals surface area contributed by atoms with Crippen LogP contribution in [0.15, 0.2) is 6.20 Å². The highest BCUT2D eigenvalue weighted by molar-refractivity contribution is 5.30. The Kier molecular flexibility index (Phi) is 3.45. The minimum Gasteiger partial charge on any atom is -0.490 e. The van der Waals surface area contributed by atoms with E-state index in [1.807, 2.05) is 7.05 Å². The first kappa shape index (κ1) is 9.73. The van der Waals surface area contributed by atoms with Crippen LogP contribution in [-0.4, -0.2) is 31.2 Å². The minimum atomic E-state index is 0.461. The maximum atomic E-state index is 5.02. The predicted octanol–water partition coefficient (Wildman–Crippen LogP) is 0.213. The summed E-state index contributed by atoms with van der Waals surface area (Å²) >= 11 is 0. The van der Waals surface area contributed by atoms with Gasteiger partial charge in [-0.05, 0) is 7.05 Å². The predicted molar refractivity (Wildman–Crippen MR) is 47.9 cm³/mol. The molecular weight excluding hydrogens is 170 g/mol. The lowest BCUT2D eigenvalue weighted by molar-refractivity contribution is 0.338. The standard InChI is InChI=1S/C8H13N3O2/c1-9-5-7-10-4-6(12-2)8(11-7)13-3/h4,9H,5H2,1-3H3. The number of nitrogens with one attached hydrogen (secondary N) is 1. The topological polar surface area (TPSA) is 56.3 Å². The molecule has 0 aliphatic heterocycles. The molecule has 0 amide bonds. The third-order valence-corrected chi connectivity index (χ3v) is 1.52. The maximum Gasteiger partial charge on any atom is 0.260 e. The smallest absolute Gasteiger partial charge is 0.260 e. The van der Waals surface area contributed by atoms with Crippen LogP contribution in [-0.2, 0) is 6.54 Å². The Hall–Kier alpha value is -1.36. The van der Waals surface area contributed by atoms with E-state index in [2.05, 4.69) is 15.3 Å². The summed E-state index contributed by atoms with van der Waals surface area (Å²) in [5.74, 6) is 1.69. The molecule has 0 fully saturated rings. The summed E-state index contributed by atoms with van der Waals surface area (Å²) in [6.07, 6.45) is 1.60. The lowest BCUT2D eigenvalue weighted by Crippen LogP contribution is -2.09. The minimum absolute atomic E-state index is 0.461. The molecule has 0 spiro atoms. The fraction of sp³-hybridized carbons (Fsp3) is 0.500. The van der Waals surface area contributed by atoms with Crippen LogP contribution in [0.4, 0.5) is 0 Å². The third-order valence-electron chi connectivity index (χ3n) is 1.52. The van der Waals surface area contributed by atoms with Gasteiger partial charge in [0.2, 0.25) is 0 Å². The monoisotopic (exact) mass is 183 g/mol. The highest BCUT2D eigenvalue weighted by Crippen LogP contribution is 2.21. The number of ether oxygens (including phenoxy) is 2. The SMILES string of the molecule is CNCc1ncc(OC)c(OC)n1. The van der Waals surface area contributed by atoms with Crippen LogP contribution in [0, 0.1) is 0 Å². The van der Waals surface area contributed by atoms with Crippen molar-refractivity contribution in [2.75, 3.05) is 21.3 Å². The van der Waals surface area contributed by atoms with E-state index in [1.165, 1.54) is 0 Å². The van der Waals surface area contributed by atoms with E-state index in [4.69, 9.17) is 9.47 Å². The van der Waals surface area contributed by atoms with E-state index in [1.54, 1.807) is 20.4 Å². The summed E-state index contributed by atoms with van der Waals surface area (Å²) in [5, 5.41) is 2.95. The van der Waals surface area contributed by atoms with Crippen LogP contribution in [0.3, 0.4) is 0 Å². The molecule has 0 unspecified atom stereocenters. The molecule has 1 heterocycles. The van der Waals surface area contributed by atoms with Crippen molar-refractivity contribution in [3.8, 4) is 11.6 Å². The Morgan fingerprint density at radius 3 is 2.69 bits per heavy atom. The number of methoxy groups -OCH3 is 2. The summed E-state index contributed by atoms with van der Waals surface area (Å²) < 4.78 is 10.0. The molecule has 13 heavy (non-hydrogen) atoms. The van der Waals surface area contributed by atoms with Gasteiger partial charge in [0.1, 0.15) is 5.82 Å². The van der Waals surface area contributed by atoms with Crippen molar-refractivity contribution in [2.24, 2.45) is 0 Å². The van der Waals surface area contributed by atoms with E-state index in [9.17, 15) is 0 Å². The Morgan fingerprint density at radius 2 is 2.15 bits per heavy atom. The fourth-order valence-electron chi connectivity index (χ4n) is 0.919. The van der Waals surface area contributed by atoms with Crippen LogP contribution in [0.5, 0.6) is 11.6 Å². The molecule has 72 valence electrons. The second-order valence-electron chi connectivity index (χ2n) is 2.39. The van der Waals surface area contributed by atoms with Gasteiger partial charge < -0.3 is 14.8 Å². The summed E-state index contributed by atoms with van der Waals surface area (Å²) in [7, 11) is 4.94. The second kappa shape index (κ2) is 4.61. The first-order chi connectivity index (χ1) is 6.31. The van der Waals surface area contributed by atoms with E-state index in [0.29, 0.717) is 24.0 Å². The average molecular weight is 183 g/mol. The van der Waals surface area contributed by atoms with Gasteiger partial charge in [0, 0.05) is 0 Å². The molecule has 0 aliphatic carbocycles. The Labute approximate surface area is 77.1 Å². The van der Waals surface area contributed by atoms with Gasteiger partial charge in [-0.1, -0.05) is 0 Å². The molecule has 0 aliphatic rings. The van der Waals surface area contributed by atoms with Gasteiger partial charge in [-0.2, -0.15) is 4.98 Å². The quantitative estimate of drug-likeness (QED) is 0.723. The first-order valence-electron chi connectivity index (χ1n) is 3.90. The average Bonchev–Trinajstić information content (AvgIpc) is 2.18. The largest absolute Gasteiger partial charge is 0.490 e. The molecule has 1 rings (SSSR count). The van der Waals surface area contributed by atoms with Gasteiger partial charge in [0.05, 0.1) is 27.0 Å². The molecule has 0 saturated carbocycles. The number of hydrogen-bond donors (Lipinski definition) is 1. The molecule has 1 aromatic rings. The normalized spacial score (nSPS) is 9.77. The summed E-state index contributed by atoms with van der Waals surface area (Å²) in [4.78, 5) is 8.20. The van der Waals surface area contributed by atoms with Crippen molar-refractivity contribution in [2.45, 2.75) is 6.54 Å². The van der Waals surface area contributed by atoms with Crippen LogP contribution in [0.2, 0.25) is 0 Å². The second-order valence-corrected chi connectivity index (χ2v) is 2.39. The molecule has 0 bridgehead atoms. The molecule has 5 heteroatoms. The van der Waals surface area contributed by atoms with E-state index < -0.39 is 0 Å². The van der Waals surface area contributed by atoms with E-state index >= 15 is 0 Å². The summed E-state index contributed by atoms with van der Waals surface area (Å²) in [6, 6.07) is 0. The fourth-order valence-corrected chi connectivity index (χ4v) is 0.919. The van der Waals surface area contributed by atoms with Gasteiger partial charge in [0.15, 0.2) is 5.75 Å². The number of aromatic nitrogens is 2. The molecule has 0 saturated heterocycles. The van der Waals surface area contributed by atoms with Crippen molar-refractivity contribution in [3.63, 3.8) is 0 Å². The lowest BCUT2D eigenvalue weighted by atomic mass is 10.5. The van der Waals surface area contributed by atoms with Gasteiger partial charge in [-0.25, -0.2) is 4.98 Å². The van der Waals surface area contributed by atoms with Crippen molar-refractivity contribution in [3.05, 3.63) is 12.0 Å². The lowest BCUT2D eigenvalue weighted by Gasteiger charge is -2.06. The summed E-state index contributed by atoms with van der Waals surface area (Å²) in [5.41, 5.74) is 0. The van der Waals surface area contributed by atoms with Gasteiger partial charge >= 0.3 is 0 Å². The van der Waals surface area contributed by atoms with E-state index in [0.717, 1.165) is 0 Å². The molecule has 0 aromatic carbocycles. The van der Waals surface area contributed by atoms with Crippen molar-refractivity contribution in [1.29, 1.82) is 0 Å². The molecular formula is C8H13N3O2. The molecule has 1 N–H and O–H groups in total. The number of rotatable bonds is 4. The number of hydrogen-bond acceptors (Lipinski definition) is 5. The van der Waals surface area contributed by atoms with Gasteiger partial charge in [-0.15, -0.1) is 0 Å². The zero-order valence-corrected chi connectivity index (χ0v) is 8.00. The van der Waals surface area contributed by atoms with Crippen LogP contribution in [0.1, 0.15) is 5.82 Å². The third kappa shape index (κ3) is 2.29. The summed E-state index contributed by atoms with van der Waals surface area (Å²) in [6.45, 7) is 0.611. The maximum absolute atomic E-state index is 5.02. The zero-order valence-electron chi connectivity index (χ0n) is 8.00. The van der Waals surface area contributed by atoms with Gasteiger partial charge in [0.25, 0.3) is 5.88 Å². The van der Waals surface area contributed by atoms with Crippen molar-refractivity contribution >= 4 is 0 Å². The molecule has 0 atom stereocenters. The van der Waals surface area contributed by atoms with Crippen LogP contribution < -0.4 is 14.8 Å². The van der Waals surface area contributed by atoms with Gasteiger partial charge in [-0.3, -0.25) is 0 Å². The van der Waals surface area contributed by atoms with Crippen molar-refractivity contribution < 1.29 is 9.47 Å². The number of nitrogens with zero attached hydrogens (tertiary/aromatic N) is 2. The molecule has 1 aromatic heterocycles. The first-order valence-corrected chi connectivity index (χ1v) is 3.90. The highest BCUT2D eigenvalue weighted by Gasteiger charge is 2.06.